The van der Waals surface area contributed by atoms with Gasteiger partial charge in [0.25, 0.3) is 5.91 Å². The molecule has 0 spiro atoms. The van der Waals surface area contributed by atoms with Crippen LogP contribution >= 0.6 is 0 Å². The number of carbonyl (C=O) groups excluding carboxylic acids is 1. The highest BCUT2D eigenvalue weighted by molar-refractivity contribution is 5.93. The van der Waals surface area contributed by atoms with E-state index in [2.05, 4.69) is 26.6 Å². The Morgan fingerprint density at radius 1 is 1.16 bits per heavy atom. The number of pyridine rings is 1. The first kappa shape index (κ1) is 22.0. The van der Waals surface area contributed by atoms with Gasteiger partial charge in [-0.3, -0.25) is 14.2 Å². The summed E-state index contributed by atoms with van der Waals surface area (Å²) in [4.78, 5) is 17.3. The number of hydrogen-bond acceptors (Lipinski definition) is 5. The molecule has 0 atom stereocenters. The van der Waals surface area contributed by atoms with E-state index < -0.39 is 0 Å². The molecule has 1 N–H and O–H groups in total. The SMILES string of the molecule is CC.CCOc1cc(-c2cc(C3(NC(=O)c4cc(C5CC5)nn4C)CC3)n(C)n2)ccn1. The predicted octanol–water partition coefficient (Wildman–Crippen LogP) is 3.94. The maximum atomic E-state index is 13.0. The molecule has 2 aliphatic rings. The van der Waals surface area contributed by atoms with Crippen molar-refractivity contribution in [3.05, 3.63) is 47.5 Å². The van der Waals surface area contributed by atoms with Crippen molar-refractivity contribution >= 4 is 5.91 Å². The molecular formula is C24H32N6O2. The van der Waals surface area contributed by atoms with Gasteiger partial charge in [0, 0.05) is 37.8 Å². The number of carbonyl (C=O) groups is 1. The summed E-state index contributed by atoms with van der Waals surface area (Å²) >= 11 is 0. The molecule has 3 aromatic rings. The molecule has 170 valence electrons. The van der Waals surface area contributed by atoms with Crippen molar-refractivity contribution in [1.29, 1.82) is 0 Å². The van der Waals surface area contributed by atoms with Crippen molar-refractivity contribution in [3.8, 4) is 17.1 Å². The third kappa shape index (κ3) is 4.26. The van der Waals surface area contributed by atoms with Gasteiger partial charge in [-0.1, -0.05) is 13.8 Å². The molecule has 0 aromatic carbocycles. The number of amides is 1. The van der Waals surface area contributed by atoms with E-state index in [0.717, 1.165) is 35.5 Å². The van der Waals surface area contributed by atoms with Gasteiger partial charge < -0.3 is 10.1 Å². The highest BCUT2D eigenvalue weighted by atomic mass is 16.5. The van der Waals surface area contributed by atoms with Crippen LogP contribution in [0.4, 0.5) is 0 Å². The lowest BCUT2D eigenvalue weighted by atomic mass is 10.1. The van der Waals surface area contributed by atoms with Gasteiger partial charge in [0.1, 0.15) is 5.69 Å². The van der Waals surface area contributed by atoms with Crippen LogP contribution in [0.15, 0.2) is 30.5 Å². The first-order chi connectivity index (χ1) is 15.5. The number of nitrogens with zero attached hydrogens (tertiary/aromatic N) is 5. The topological polar surface area (TPSA) is 86.9 Å². The minimum atomic E-state index is -0.378. The van der Waals surface area contributed by atoms with E-state index >= 15 is 0 Å². The lowest BCUT2D eigenvalue weighted by molar-refractivity contribution is 0.0919. The summed E-state index contributed by atoms with van der Waals surface area (Å²) in [5.74, 6) is 1.02. The molecule has 32 heavy (non-hydrogen) atoms. The average Bonchev–Trinajstić information content (AvgIpc) is 3.71. The number of ether oxygens (including phenoxy) is 1. The highest BCUT2D eigenvalue weighted by Crippen LogP contribution is 2.46. The first-order valence-corrected chi connectivity index (χ1v) is 11.5. The fourth-order valence-corrected chi connectivity index (χ4v) is 3.98. The molecule has 3 heterocycles. The number of aryl methyl sites for hydroxylation is 2. The zero-order valence-corrected chi connectivity index (χ0v) is 19.6. The van der Waals surface area contributed by atoms with Crippen molar-refractivity contribution < 1.29 is 9.53 Å². The van der Waals surface area contributed by atoms with E-state index in [1.54, 1.807) is 10.9 Å². The molecule has 2 aliphatic carbocycles. The summed E-state index contributed by atoms with van der Waals surface area (Å²) in [7, 11) is 3.76. The van der Waals surface area contributed by atoms with Crippen LogP contribution in [0.25, 0.3) is 11.3 Å². The second kappa shape index (κ2) is 8.76. The van der Waals surface area contributed by atoms with Crippen LogP contribution in [0.2, 0.25) is 0 Å². The van der Waals surface area contributed by atoms with Gasteiger partial charge in [0.05, 0.1) is 29.2 Å². The lowest BCUT2D eigenvalue weighted by Gasteiger charge is -2.17. The second-order valence-corrected chi connectivity index (χ2v) is 8.24. The molecule has 0 saturated heterocycles. The van der Waals surface area contributed by atoms with Gasteiger partial charge in [-0.25, -0.2) is 4.98 Å². The Labute approximate surface area is 189 Å². The fraction of sp³-hybridized carbons (Fsp3) is 0.500. The standard InChI is InChI=1S/C22H26N6O2.C2H6/c1-4-30-20-11-15(7-10-23-20)17-13-19(28(3)26-17)22(8-9-22)24-21(29)18-12-16(14-5-6-14)25-27(18)2;1-2/h7,10-14H,4-6,8-9H2,1-3H3,(H,24,29);1-2H3. The highest BCUT2D eigenvalue weighted by Gasteiger charge is 2.48. The van der Waals surface area contributed by atoms with Crippen LogP contribution in [0.1, 0.15) is 74.2 Å². The summed E-state index contributed by atoms with van der Waals surface area (Å²) in [6.45, 7) is 6.50. The van der Waals surface area contributed by atoms with Gasteiger partial charge in [0.2, 0.25) is 5.88 Å². The number of nitrogens with one attached hydrogen (secondary N) is 1. The second-order valence-electron chi connectivity index (χ2n) is 8.24. The third-order valence-corrected chi connectivity index (χ3v) is 5.92. The van der Waals surface area contributed by atoms with Crippen LogP contribution < -0.4 is 10.1 Å². The van der Waals surface area contributed by atoms with Gasteiger partial charge >= 0.3 is 0 Å². The molecule has 0 radical (unpaired) electrons. The first-order valence-electron chi connectivity index (χ1n) is 11.5. The predicted molar refractivity (Wildman–Crippen MR) is 123 cm³/mol. The average molecular weight is 437 g/mol. The molecule has 8 heteroatoms. The van der Waals surface area contributed by atoms with Crippen molar-refractivity contribution in [3.63, 3.8) is 0 Å². The van der Waals surface area contributed by atoms with Crippen LogP contribution in [0, 0.1) is 0 Å². The largest absolute Gasteiger partial charge is 0.478 e. The summed E-state index contributed by atoms with van der Waals surface area (Å²) in [5, 5.41) is 12.5. The van der Waals surface area contributed by atoms with E-state index in [0.29, 0.717) is 24.1 Å². The smallest absolute Gasteiger partial charge is 0.270 e. The molecule has 2 fully saturated rings. The lowest BCUT2D eigenvalue weighted by Crippen LogP contribution is -2.37. The van der Waals surface area contributed by atoms with Crippen LogP contribution in [0.5, 0.6) is 5.88 Å². The Morgan fingerprint density at radius 3 is 2.56 bits per heavy atom. The molecule has 3 aromatic heterocycles. The Balaban J connectivity index is 0.00000119. The third-order valence-electron chi connectivity index (χ3n) is 5.92. The Kier molecular flexibility index (Phi) is 6.04. The quantitative estimate of drug-likeness (QED) is 0.606. The number of rotatable bonds is 7. The summed E-state index contributed by atoms with van der Waals surface area (Å²) in [5.41, 5.74) is 4.05. The van der Waals surface area contributed by atoms with Crippen LogP contribution in [0.3, 0.4) is 0 Å². The molecular weight excluding hydrogens is 404 g/mol. The summed E-state index contributed by atoms with van der Waals surface area (Å²) in [6, 6.07) is 7.80. The van der Waals surface area contributed by atoms with Crippen molar-refractivity contribution in [1.82, 2.24) is 29.9 Å². The van der Waals surface area contributed by atoms with Crippen molar-refractivity contribution in [2.75, 3.05) is 6.61 Å². The van der Waals surface area contributed by atoms with E-state index in [1.807, 2.05) is 57.7 Å². The maximum Gasteiger partial charge on any atom is 0.270 e. The molecule has 1 amide bonds. The number of hydrogen-bond donors (Lipinski definition) is 1. The molecule has 8 nitrogen and oxygen atoms in total. The van der Waals surface area contributed by atoms with Gasteiger partial charge in [0.15, 0.2) is 0 Å². The van der Waals surface area contributed by atoms with E-state index in [4.69, 9.17) is 4.74 Å². The Morgan fingerprint density at radius 2 is 1.91 bits per heavy atom. The van der Waals surface area contributed by atoms with Crippen molar-refractivity contribution in [2.45, 2.75) is 57.9 Å². The van der Waals surface area contributed by atoms with Gasteiger partial charge in [-0.2, -0.15) is 10.2 Å². The monoisotopic (exact) mass is 436 g/mol. The number of aromatic nitrogens is 5. The molecule has 0 unspecified atom stereocenters. The molecule has 2 saturated carbocycles. The van der Waals surface area contributed by atoms with Gasteiger partial charge in [-0.05, 0) is 50.8 Å². The Hall–Kier alpha value is -3.16. The summed E-state index contributed by atoms with van der Waals surface area (Å²) in [6.07, 6.45) is 5.85. The Bertz CT molecular complexity index is 1110. The van der Waals surface area contributed by atoms with E-state index in [-0.39, 0.29) is 11.4 Å². The molecule has 5 rings (SSSR count). The molecule has 0 bridgehead atoms. The van der Waals surface area contributed by atoms with Crippen LogP contribution in [-0.2, 0) is 19.6 Å². The minimum absolute atomic E-state index is 0.0836. The zero-order valence-electron chi connectivity index (χ0n) is 19.6. The maximum absolute atomic E-state index is 13.0. The van der Waals surface area contributed by atoms with Gasteiger partial charge in [-0.15, -0.1) is 0 Å². The fourth-order valence-electron chi connectivity index (χ4n) is 3.98. The van der Waals surface area contributed by atoms with E-state index in [9.17, 15) is 4.79 Å². The minimum Gasteiger partial charge on any atom is -0.478 e. The summed E-state index contributed by atoms with van der Waals surface area (Å²) < 4.78 is 9.07. The van der Waals surface area contributed by atoms with Crippen LogP contribution in [-0.4, -0.2) is 37.1 Å². The van der Waals surface area contributed by atoms with Crippen molar-refractivity contribution in [2.24, 2.45) is 14.1 Å². The normalized spacial score (nSPS) is 16.2. The van der Waals surface area contributed by atoms with E-state index in [1.165, 1.54) is 12.8 Å². The molecule has 0 aliphatic heterocycles. The zero-order chi connectivity index (χ0) is 22.9.